The van der Waals surface area contributed by atoms with Crippen LogP contribution in [0.2, 0.25) is 0 Å². The molecule has 1 amide bonds. The summed E-state index contributed by atoms with van der Waals surface area (Å²) in [7, 11) is 1.79. The van der Waals surface area contributed by atoms with Gasteiger partial charge in [0.25, 0.3) is 5.56 Å². The third-order valence-electron chi connectivity index (χ3n) is 4.34. The molecular formula is C21H23N3O2S2. The Hall–Kier alpha value is -2.38. The molecule has 0 spiro atoms. The molecule has 146 valence electrons. The van der Waals surface area contributed by atoms with Gasteiger partial charge in [-0.3, -0.25) is 14.2 Å². The Balaban J connectivity index is 1.78. The molecule has 3 rings (SSSR count). The van der Waals surface area contributed by atoms with E-state index in [1.807, 2.05) is 36.4 Å². The number of allylic oxidation sites excluding steroid dienone is 1. The Labute approximate surface area is 172 Å². The molecule has 3 aromatic rings. The minimum atomic E-state index is -0.0755. The van der Waals surface area contributed by atoms with Crippen LogP contribution in [0, 0.1) is 0 Å². The topological polar surface area (TPSA) is 55.2 Å². The summed E-state index contributed by atoms with van der Waals surface area (Å²) in [6.45, 7) is 6.72. The number of rotatable bonds is 8. The Kier molecular flexibility index (Phi) is 6.70. The first-order valence-corrected chi connectivity index (χ1v) is 10.9. The van der Waals surface area contributed by atoms with E-state index in [0.717, 1.165) is 21.7 Å². The van der Waals surface area contributed by atoms with Crippen LogP contribution in [0.4, 0.5) is 0 Å². The number of thioether (sulfide) groups is 1. The molecule has 0 fully saturated rings. The molecule has 0 N–H and O–H groups in total. The maximum atomic E-state index is 12.9. The number of nitrogens with zero attached hydrogens (tertiary/aromatic N) is 3. The van der Waals surface area contributed by atoms with Gasteiger partial charge in [0.15, 0.2) is 5.16 Å². The smallest absolute Gasteiger partial charge is 0.263 e. The van der Waals surface area contributed by atoms with Crippen LogP contribution in [0.15, 0.2) is 59.0 Å². The second-order valence-electron chi connectivity index (χ2n) is 6.41. The van der Waals surface area contributed by atoms with E-state index >= 15 is 0 Å². The highest BCUT2D eigenvalue weighted by Crippen LogP contribution is 2.25. The standard InChI is InChI=1S/C21H23N3O2S2/c1-4-11-24-20(26)17-12-16(5-2)28-19(17)22-21(24)27-14-18(25)23(3)13-15-9-7-6-8-10-15/h4,6-10,12H,1,5,11,13-14H2,2-3H3. The van der Waals surface area contributed by atoms with Crippen LogP contribution in [-0.4, -0.2) is 33.2 Å². The largest absolute Gasteiger partial charge is 0.341 e. The van der Waals surface area contributed by atoms with Crippen molar-refractivity contribution in [3.8, 4) is 0 Å². The Bertz CT molecular complexity index is 1040. The summed E-state index contributed by atoms with van der Waals surface area (Å²) in [5.41, 5.74) is 1.01. The molecule has 0 aliphatic heterocycles. The quantitative estimate of drug-likeness (QED) is 0.319. The second-order valence-corrected chi connectivity index (χ2v) is 8.47. The number of thiophene rings is 1. The van der Waals surface area contributed by atoms with Crippen molar-refractivity contribution in [3.05, 3.63) is 69.8 Å². The Morgan fingerprint density at radius 1 is 1.36 bits per heavy atom. The van der Waals surface area contributed by atoms with Crippen molar-refractivity contribution < 1.29 is 4.79 Å². The fraction of sp³-hybridized carbons (Fsp3) is 0.286. The molecule has 0 saturated heterocycles. The third-order valence-corrected chi connectivity index (χ3v) is 6.47. The highest BCUT2D eigenvalue weighted by Gasteiger charge is 2.16. The average Bonchev–Trinajstić information content (AvgIpc) is 3.13. The van der Waals surface area contributed by atoms with E-state index in [1.165, 1.54) is 23.1 Å². The summed E-state index contributed by atoms with van der Waals surface area (Å²) in [6.07, 6.45) is 2.54. The maximum Gasteiger partial charge on any atom is 0.263 e. The Morgan fingerprint density at radius 3 is 2.79 bits per heavy atom. The van der Waals surface area contributed by atoms with Gasteiger partial charge in [0, 0.05) is 25.0 Å². The van der Waals surface area contributed by atoms with Crippen LogP contribution in [0.1, 0.15) is 17.4 Å². The number of carbonyl (C=O) groups is 1. The molecule has 1 aromatic carbocycles. The monoisotopic (exact) mass is 413 g/mol. The van der Waals surface area contributed by atoms with Gasteiger partial charge >= 0.3 is 0 Å². The SMILES string of the molecule is C=CCn1c(SCC(=O)N(C)Cc2ccccc2)nc2sc(CC)cc2c1=O. The predicted octanol–water partition coefficient (Wildman–Crippen LogP) is 3.96. The van der Waals surface area contributed by atoms with Gasteiger partial charge in [-0.25, -0.2) is 4.98 Å². The van der Waals surface area contributed by atoms with Crippen molar-refractivity contribution in [2.75, 3.05) is 12.8 Å². The van der Waals surface area contributed by atoms with Gasteiger partial charge in [0.1, 0.15) is 4.83 Å². The summed E-state index contributed by atoms with van der Waals surface area (Å²) in [5.74, 6) is 0.221. The van der Waals surface area contributed by atoms with E-state index in [9.17, 15) is 9.59 Å². The van der Waals surface area contributed by atoms with E-state index in [-0.39, 0.29) is 17.2 Å². The number of fused-ring (bicyclic) bond motifs is 1. The van der Waals surface area contributed by atoms with Gasteiger partial charge in [0.2, 0.25) is 5.91 Å². The van der Waals surface area contributed by atoms with Crippen LogP contribution in [0.3, 0.4) is 0 Å². The van der Waals surface area contributed by atoms with E-state index in [1.54, 1.807) is 22.6 Å². The van der Waals surface area contributed by atoms with Crippen molar-refractivity contribution in [1.29, 1.82) is 0 Å². The molecule has 0 unspecified atom stereocenters. The van der Waals surface area contributed by atoms with Crippen LogP contribution in [0.25, 0.3) is 10.2 Å². The van der Waals surface area contributed by atoms with E-state index in [0.29, 0.717) is 23.6 Å². The summed E-state index contributed by atoms with van der Waals surface area (Å²) >= 11 is 2.84. The first-order chi connectivity index (χ1) is 13.5. The number of benzene rings is 1. The molecule has 0 saturated carbocycles. The first-order valence-electron chi connectivity index (χ1n) is 9.08. The molecule has 0 radical (unpaired) electrons. The van der Waals surface area contributed by atoms with Gasteiger partial charge in [0.05, 0.1) is 11.1 Å². The average molecular weight is 414 g/mol. The van der Waals surface area contributed by atoms with Crippen molar-refractivity contribution in [2.45, 2.75) is 31.6 Å². The zero-order valence-corrected chi connectivity index (χ0v) is 17.7. The number of aryl methyl sites for hydroxylation is 1. The Morgan fingerprint density at radius 2 is 2.11 bits per heavy atom. The lowest BCUT2D eigenvalue weighted by molar-refractivity contribution is -0.127. The van der Waals surface area contributed by atoms with Crippen LogP contribution >= 0.6 is 23.1 Å². The lowest BCUT2D eigenvalue weighted by Gasteiger charge is -2.17. The number of amides is 1. The molecule has 5 nitrogen and oxygen atoms in total. The molecule has 2 aromatic heterocycles. The van der Waals surface area contributed by atoms with E-state index in [4.69, 9.17) is 0 Å². The molecule has 7 heteroatoms. The van der Waals surface area contributed by atoms with E-state index < -0.39 is 0 Å². The molecule has 0 aliphatic rings. The fourth-order valence-corrected chi connectivity index (χ4v) is 4.76. The summed E-state index contributed by atoms with van der Waals surface area (Å²) in [6, 6.07) is 11.8. The fourth-order valence-electron chi connectivity index (χ4n) is 2.80. The van der Waals surface area contributed by atoms with Crippen molar-refractivity contribution in [3.63, 3.8) is 0 Å². The molecule has 0 aliphatic carbocycles. The maximum absolute atomic E-state index is 12.9. The molecule has 2 heterocycles. The van der Waals surface area contributed by atoms with Crippen LogP contribution in [0.5, 0.6) is 0 Å². The van der Waals surface area contributed by atoms with Crippen molar-refractivity contribution in [2.24, 2.45) is 0 Å². The van der Waals surface area contributed by atoms with Gasteiger partial charge in [-0.05, 0) is 18.1 Å². The van der Waals surface area contributed by atoms with Crippen molar-refractivity contribution >= 4 is 39.2 Å². The number of hydrogen-bond donors (Lipinski definition) is 0. The first kappa shape index (κ1) is 20.4. The minimum Gasteiger partial charge on any atom is -0.341 e. The second kappa shape index (κ2) is 9.21. The van der Waals surface area contributed by atoms with Gasteiger partial charge in [-0.1, -0.05) is 55.1 Å². The van der Waals surface area contributed by atoms with Gasteiger partial charge < -0.3 is 4.90 Å². The number of hydrogen-bond acceptors (Lipinski definition) is 5. The summed E-state index contributed by atoms with van der Waals surface area (Å²) < 4.78 is 1.59. The normalized spacial score (nSPS) is 10.9. The number of aromatic nitrogens is 2. The van der Waals surface area contributed by atoms with Crippen molar-refractivity contribution in [1.82, 2.24) is 14.5 Å². The number of carbonyl (C=O) groups excluding carboxylic acids is 1. The molecule has 28 heavy (non-hydrogen) atoms. The van der Waals surface area contributed by atoms with Gasteiger partial charge in [-0.15, -0.1) is 17.9 Å². The molecular weight excluding hydrogens is 390 g/mol. The lowest BCUT2D eigenvalue weighted by Crippen LogP contribution is -2.28. The predicted molar refractivity (Wildman–Crippen MR) is 117 cm³/mol. The molecule has 0 atom stereocenters. The zero-order chi connectivity index (χ0) is 20.1. The van der Waals surface area contributed by atoms with Crippen LogP contribution < -0.4 is 5.56 Å². The van der Waals surface area contributed by atoms with Crippen LogP contribution in [-0.2, 0) is 24.3 Å². The lowest BCUT2D eigenvalue weighted by atomic mass is 10.2. The minimum absolute atomic E-state index is 0.00576. The highest BCUT2D eigenvalue weighted by atomic mass is 32.2. The molecule has 0 bridgehead atoms. The zero-order valence-electron chi connectivity index (χ0n) is 16.1. The third kappa shape index (κ3) is 4.54. The van der Waals surface area contributed by atoms with E-state index in [2.05, 4.69) is 18.5 Å². The van der Waals surface area contributed by atoms with Gasteiger partial charge in [-0.2, -0.15) is 0 Å². The summed E-state index contributed by atoms with van der Waals surface area (Å²) in [4.78, 5) is 33.6. The summed E-state index contributed by atoms with van der Waals surface area (Å²) in [5, 5.41) is 1.20. The highest BCUT2D eigenvalue weighted by molar-refractivity contribution is 7.99.